The zero-order chi connectivity index (χ0) is 13.4. The first-order valence-electron chi connectivity index (χ1n) is 7.86. The van der Waals surface area contributed by atoms with Crippen LogP contribution < -0.4 is 0 Å². The minimum Gasteiger partial charge on any atom is -0.299 e. The highest BCUT2D eigenvalue weighted by molar-refractivity contribution is 5.15. The van der Waals surface area contributed by atoms with Gasteiger partial charge in [0.1, 0.15) is 0 Å². The third-order valence-corrected chi connectivity index (χ3v) is 6.08. The van der Waals surface area contributed by atoms with Gasteiger partial charge in [0.15, 0.2) is 0 Å². The first-order chi connectivity index (χ1) is 8.50. The van der Waals surface area contributed by atoms with E-state index in [4.69, 9.17) is 0 Å². The molecule has 1 saturated carbocycles. The van der Waals surface area contributed by atoms with Crippen molar-refractivity contribution >= 4 is 0 Å². The average molecular weight is 249 g/mol. The standard InChI is InChI=1S/C17H31N/c1-6-9-17(16(7-2)10-8-11-16)12-15(14(3)4)18(5)13-17/h15H,3,6-13H2,1-2,4-5H3. The summed E-state index contributed by atoms with van der Waals surface area (Å²) in [6.45, 7) is 12.5. The Kier molecular flexibility index (Phi) is 3.92. The molecule has 0 aromatic carbocycles. The molecule has 1 aliphatic carbocycles. The van der Waals surface area contributed by atoms with Gasteiger partial charge in [-0.05, 0) is 56.9 Å². The van der Waals surface area contributed by atoms with Gasteiger partial charge in [0, 0.05) is 12.6 Å². The predicted molar refractivity (Wildman–Crippen MR) is 79.8 cm³/mol. The van der Waals surface area contributed by atoms with Crippen molar-refractivity contribution < 1.29 is 0 Å². The Bertz CT molecular complexity index is 310. The number of rotatable bonds is 5. The van der Waals surface area contributed by atoms with Crippen LogP contribution in [0.4, 0.5) is 0 Å². The molecule has 2 aliphatic rings. The zero-order valence-corrected chi connectivity index (χ0v) is 12.9. The Morgan fingerprint density at radius 2 is 1.94 bits per heavy atom. The van der Waals surface area contributed by atoms with Crippen molar-refractivity contribution in [1.29, 1.82) is 0 Å². The molecule has 1 nitrogen and oxygen atoms in total. The molecule has 1 saturated heterocycles. The van der Waals surface area contributed by atoms with E-state index in [-0.39, 0.29) is 0 Å². The summed E-state index contributed by atoms with van der Waals surface area (Å²) in [6.07, 6.45) is 9.89. The largest absolute Gasteiger partial charge is 0.299 e. The number of hydrogen-bond donors (Lipinski definition) is 0. The lowest BCUT2D eigenvalue weighted by Crippen LogP contribution is -2.48. The molecule has 0 aromatic heterocycles. The van der Waals surface area contributed by atoms with Gasteiger partial charge in [-0.3, -0.25) is 4.90 Å². The Morgan fingerprint density at radius 1 is 1.28 bits per heavy atom. The summed E-state index contributed by atoms with van der Waals surface area (Å²) in [5.41, 5.74) is 2.59. The van der Waals surface area contributed by atoms with Gasteiger partial charge in [-0.15, -0.1) is 0 Å². The second kappa shape index (κ2) is 5.00. The van der Waals surface area contributed by atoms with Crippen LogP contribution in [-0.2, 0) is 0 Å². The monoisotopic (exact) mass is 249 g/mol. The molecule has 0 bridgehead atoms. The summed E-state index contributed by atoms with van der Waals surface area (Å²) in [6, 6.07) is 0.626. The van der Waals surface area contributed by atoms with Crippen LogP contribution >= 0.6 is 0 Å². The number of likely N-dealkylation sites (N-methyl/N-ethyl adjacent to an activating group) is 1. The van der Waals surface area contributed by atoms with Crippen molar-refractivity contribution in [2.75, 3.05) is 13.6 Å². The smallest absolute Gasteiger partial charge is 0.0305 e. The summed E-state index contributed by atoms with van der Waals surface area (Å²) in [5, 5.41) is 0. The van der Waals surface area contributed by atoms with Crippen LogP contribution in [0, 0.1) is 10.8 Å². The van der Waals surface area contributed by atoms with Gasteiger partial charge in [0.05, 0.1) is 0 Å². The van der Waals surface area contributed by atoms with Crippen molar-refractivity contribution in [2.45, 2.75) is 71.8 Å². The van der Waals surface area contributed by atoms with E-state index in [1.165, 1.54) is 57.1 Å². The summed E-state index contributed by atoms with van der Waals surface area (Å²) >= 11 is 0. The van der Waals surface area contributed by atoms with Gasteiger partial charge < -0.3 is 0 Å². The molecule has 0 radical (unpaired) electrons. The maximum Gasteiger partial charge on any atom is 0.0305 e. The third-order valence-electron chi connectivity index (χ3n) is 6.08. The molecule has 1 aliphatic heterocycles. The van der Waals surface area contributed by atoms with E-state index in [9.17, 15) is 0 Å². The molecule has 2 unspecified atom stereocenters. The predicted octanol–water partition coefficient (Wildman–Crippen LogP) is 4.63. The summed E-state index contributed by atoms with van der Waals surface area (Å²) in [4.78, 5) is 2.58. The Hall–Kier alpha value is -0.300. The van der Waals surface area contributed by atoms with Gasteiger partial charge in [0.25, 0.3) is 0 Å². The highest BCUT2D eigenvalue weighted by atomic mass is 15.2. The molecule has 0 aromatic rings. The van der Waals surface area contributed by atoms with Crippen molar-refractivity contribution in [3.05, 3.63) is 12.2 Å². The fourth-order valence-electron chi connectivity index (χ4n) is 4.90. The zero-order valence-electron chi connectivity index (χ0n) is 12.9. The molecular weight excluding hydrogens is 218 g/mol. The van der Waals surface area contributed by atoms with Gasteiger partial charge >= 0.3 is 0 Å². The quantitative estimate of drug-likeness (QED) is 0.642. The highest BCUT2D eigenvalue weighted by Crippen LogP contribution is 2.63. The summed E-state index contributed by atoms with van der Waals surface area (Å²) in [7, 11) is 2.30. The fraction of sp³-hybridized carbons (Fsp3) is 0.882. The van der Waals surface area contributed by atoms with Gasteiger partial charge in [-0.1, -0.05) is 38.8 Å². The van der Waals surface area contributed by atoms with Gasteiger partial charge in [-0.25, -0.2) is 0 Å². The van der Waals surface area contributed by atoms with Crippen molar-refractivity contribution in [3.8, 4) is 0 Å². The molecule has 1 heteroatoms. The maximum atomic E-state index is 4.22. The first-order valence-corrected chi connectivity index (χ1v) is 7.86. The normalized spacial score (nSPS) is 35.4. The van der Waals surface area contributed by atoms with Crippen molar-refractivity contribution in [3.63, 3.8) is 0 Å². The fourth-order valence-corrected chi connectivity index (χ4v) is 4.90. The first kappa shape index (κ1) is 14.1. The molecule has 2 rings (SSSR count). The molecule has 2 atom stereocenters. The lowest BCUT2D eigenvalue weighted by molar-refractivity contribution is -0.0444. The third kappa shape index (κ3) is 1.95. The van der Waals surface area contributed by atoms with Crippen LogP contribution in [0.5, 0.6) is 0 Å². The van der Waals surface area contributed by atoms with Gasteiger partial charge in [-0.2, -0.15) is 0 Å². The van der Waals surface area contributed by atoms with Crippen LogP contribution in [0.1, 0.15) is 65.7 Å². The summed E-state index contributed by atoms with van der Waals surface area (Å²) < 4.78 is 0. The topological polar surface area (TPSA) is 3.24 Å². The Morgan fingerprint density at radius 3 is 2.28 bits per heavy atom. The van der Waals surface area contributed by atoms with Crippen LogP contribution in [0.25, 0.3) is 0 Å². The van der Waals surface area contributed by atoms with Crippen LogP contribution in [0.15, 0.2) is 12.2 Å². The van der Waals surface area contributed by atoms with Crippen LogP contribution in [0.3, 0.4) is 0 Å². The van der Waals surface area contributed by atoms with E-state index in [2.05, 4.69) is 39.3 Å². The van der Waals surface area contributed by atoms with E-state index >= 15 is 0 Å². The molecule has 2 fully saturated rings. The Labute approximate surface area is 114 Å². The lowest BCUT2D eigenvalue weighted by Gasteiger charge is -2.55. The molecule has 104 valence electrons. The summed E-state index contributed by atoms with van der Waals surface area (Å²) in [5.74, 6) is 0. The van der Waals surface area contributed by atoms with E-state index < -0.39 is 0 Å². The molecule has 1 heterocycles. The lowest BCUT2D eigenvalue weighted by atomic mass is 9.49. The molecule has 18 heavy (non-hydrogen) atoms. The molecule has 0 spiro atoms. The Balaban J connectivity index is 2.26. The van der Waals surface area contributed by atoms with Crippen LogP contribution in [0.2, 0.25) is 0 Å². The van der Waals surface area contributed by atoms with Crippen LogP contribution in [-0.4, -0.2) is 24.5 Å². The van der Waals surface area contributed by atoms with E-state index in [0.29, 0.717) is 16.9 Å². The molecule has 0 amide bonds. The number of nitrogens with zero attached hydrogens (tertiary/aromatic N) is 1. The SMILES string of the molecule is C=C(C)C1CC(CCC)(C2(CC)CCC2)CN1C. The van der Waals surface area contributed by atoms with Crippen molar-refractivity contribution in [1.82, 2.24) is 4.90 Å². The van der Waals surface area contributed by atoms with E-state index in [0.717, 1.165) is 0 Å². The second-order valence-electron chi connectivity index (χ2n) is 7.00. The van der Waals surface area contributed by atoms with Crippen molar-refractivity contribution in [2.24, 2.45) is 10.8 Å². The second-order valence-corrected chi connectivity index (χ2v) is 7.00. The maximum absolute atomic E-state index is 4.22. The van der Waals surface area contributed by atoms with E-state index in [1.54, 1.807) is 0 Å². The number of likely N-dealkylation sites (tertiary alicyclic amines) is 1. The minimum absolute atomic E-state index is 0.577. The minimum atomic E-state index is 0.577. The average Bonchev–Trinajstić information content (AvgIpc) is 2.56. The van der Waals surface area contributed by atoms with E-state index in [1.807, 2.05) is 0 Å². The highest BCUT2D eigenvalue weighted by Gasteiger charge is 2.56. The molecule has 0 N–H and O–H groups in total. The van der Waals surface area contributed by atoms with Gasteiger partial charge in [0.2, 0.25) is 0 Å². The molecular formula is C17H31N. The number of hydrogen-bond acceptors (Lipinski definition) is 1.